The number of hydrogen-bond acceptors (Lipinski definition) is 6. The number of hydrogen-bond donors (Lipinski definition) is 0. The van der Waals surface area contributed by atoms with Crippen LogP contribution in [-0.2, 0) is 0 Å². The lowest BCUT2D eigenvalue weighted by molar-refractivity contribution is -0.0369. The fourth-order valence-corrected chi connectivity index (χ4v) is 3.80. The van der Waals surface area contributed by atoms with Crippen LogP contribution in [0.1, 0.15) is 0 Å². The van der Waals surface area contributed by atoms with Crippen molar-refractivity contribution in [3.63, 3.8) is 0 Å². The lowest BCUT2D eigenvalue weighted by atomic mass is 10.1. The summed E-state index contributed by atoms with van der Waals surface area (Å²) < 4.78 is 43.3. The topological polar surface area (TPSA) is 60.8 Å². The summed E-state index contributed by atoms with van der Waals surface area (Å²) in [6.07, 6.45) is 6.67. The molecule has 36 heavy (non-hydrogen) atoms. The average molecular weight is 503 g/mol. The third-order valence-electron chi connectivity index (χ3n) is 5.17. The molecule has 0 bridgehead atoms. The molecule has 2 aromatic heterocycles. The van der Waals surface area contributed by atoms with Gasteiger partial charge in [0.25, 0.3) is 0 Å². The second-order valence-corrected chi connectivity index (χ2v) is 8.48. The van der Waals surface area contributed by atoms with Crippen molar-refractivity contribution >= 4 is 12.0 Å². The summed E-state index contributed by atoms with van der Waals surface area (Å²) in [4.78, 5) is 17.7. The number of nitrogens with zero attached hydrogens (tertiary/aromatic N) is 4. The van der Waals surface area contributed by atoms with Crippen LogP contribution in [0.5, 0.6) is 5.75 Å². The number of halogens is 3. The van der Waals surface area contributed by atoms with Gasteiger partial charge in [-0.15, -0.1) is 0 Å². The molecule has 0 aliphatic heterocycles. The first-order chi connectivity index (χ1) is 17.4. The highest BCUT2D eigenvalue weighted by Gasteiger charge is 2.31. The van der Waals surface area contributed by atoms with Crippen molar-refractivity contribution in [2.24, 2.45) is 0 Å². The average Bonchev–Trinajstić information content (AvgIpc) is 2.92. The van der Waals surface area contributed by atoms with Gasteiger partial charge in [-0.25, -0.2) is 19.9 Å². The Hall–Kier alpha value is -4.24. The number of benzene rings is 3. The van der Waals surface area contributed by atoms with E-state index in [-0.39, 0.29) is 5.75 Å². The molecular weight excluding hydrogens is 485 g/mol. The molecule has 0 spiro atoms. The Labute approximate surface area is 209 Å². The Morgan fingerprint density at radius 3 is 1.33 bits per heavy atom. The molecular formula is C27H17F3N4OS. The van der Waals surface area contributed by atoms with E-state index in [1.807, 2.05) is 60.7 Å². The quantitative estimate of drug-likeness (QED) is 0.224. The number of aromatic nitrogens is 4. The number of alkyl halides is 3. The first kappa shape index (κ1) is 23.5. The lowest BCUT2D eigenvalue weighted by Gasteiger charge is -2.11. The molecule has 5 rings (SSSR count). The van der Waals surface area contributed by atoms with E-state index in [4.69, 9.17) is 4.18 Å². The summed E-state index contributed by atoms with van der Waals surface area (Å²) in [5, 5.41) is 0. The smallest absolute Gasteiger partial charge is 0.417 e. The molecule has 0 unspecified atom stereocenters. The Morgan fingerprint density at radius 2 is 0.944 bits per heavy atom. The van der Waals surface area contributed by atoms with Crippen molar-refractivity contribution in [2.45, 2.75) is 5.51 Å². The van der Waals surface area contributed by atoms with Crippen molar-refractivity contribution in [3.05, 3.63) is 104 Å². The summed E-state index contributed by atoms with van der Waals surface area (Å²) in [6, 6.07) is 23.9. The summed E-state index contributed by atoms with van der Waals surface area (Å²) in [5.41, 5.74) is -0.0663. The fraction of sp³-hybridized carbons (Fsp3) is 0.0370. The van der Waals surface area contributed by atoms with Crippen molar-refractivity contribution in [2.75, 3.05) is 0 Å². The van der Waals surface area contributed by atoms with E-state index in [0.29, 0.717) is 22.8 Å². The zero-order valence-electron chi connectivity index (χ0n) is 18.6. The zero-order chi connectivity index (χ0) is 25.0. The van der Waals surface area contributed by atoms with Crippen LogP contribution in [0.3, 0.4) is 0 Å². The van der Waals surface area contributed by atoms with Gasteiger partial charge in [-0.3, -0.25) is 0 Å². The summed E-state index contributed by atoms with van der Waals surface area (Å²) in [7, 11) is 0. The standard InChI is InChI=1S/C27H17F3N4OS/c28-27(29,30)36-35-24-12-20(25-31-14-22(15-32-25)18-7-3-1-4-8-18)11-21(13-24)26-33-16-23(17-34-26)19-9-5-2-6-10-19/h1-17H. The predicted molar refractivity (Wildman–Crippen MR) is 134 cm³/mol. The van der Waals surface area contributed by atoms with Gasteiger partial charge >= 0.3 is 5.51 Å². The molecule has 0 aliphatic carbocycles. The van der Waals surface area contributed by atoms with E-state index in [9.17, 15) is 13.2 Å². The number of rotatable bonds is 6. The van der Waals surface area contributed by atoms with E-state index in [0.717, 1.165) is 22.3 Å². The van der Waals surface area contributed by atoms with Crippen LogP contribution in [-0.4, -0.2) is 25.4 Å². The van der Waals surface area contributed by atoms with Gasteiger partial charge in [-0.05, 0) is 29.3 Å². The minimum atomic E-state index is -4.56. The molecule has 9 heteroatoms. The second-order valence-electron chi connectivity index (χ2n) is 7.68. The van der Waals surface area contributed by atoms with Gasteiger partial charge in [-0.1, -0.05) is 60.7 Å². The normalized spacial score (nSPS) is 11.3. The van der Waals surface area contributed by atoms with E-state index >= 15 is 0 Å². The van der Waals surface area contributed by atoms with E-state index in [1.165, 1.54) is 12.1 Å². The van der Waals surface area contributed by atoms with Crippen molar-refractivity contribution in [1.82, 2.24) is 19.9 Å². The minimum absolute atomic E-state index is 0.0173. The van der Waals surface area contributed by atoms with Crippen molar-refractivity contribution in [1.29, 1.82) is 0 Å². The van der Waals surface area contributed by atoms with Gasteiger partial charge in [0.1, 0.15) is 5.75 Å². The molecule has 0 saturated heterocycles. The largest absolute Gasteiger partial charge is 0.479 e. The maximum atomic E-state index is 12.8. The van der Waals surface area contributed by atoms with Gasteiger partial charge in [0.15, 0.2) is 23.7 Å². The fourth-order valence-electron chi connectivity index (χ4n) is 3.51. The first-order valence-corrected chi connectivity index (χ1v) is 11.5. The van der Waals surface area contributed by atoms with Crippen LogP contribution in [0, 0.1) is 0 Å². The molecule has 0 fully saturated rings. The molecule has 2 heterocycles. The lowest BCUT2D eigenvalue weighted by Crippen LogP contribution is -2.03. The minimum Gasteiger partial charge on any atom is -0.417 e. The monoisotopic (exact) mass is 502 g/mol. The molecule has 5 aromatic rings. The van der Waals surface area contributed by atoms with Gasteiger partial charge in [0, 0.05) is 47.0 Å². The molecule has 5 nitrogen and oxygen atoms in total. The molecule has 0 N–H and O–H groups in total. The Morgan fingerprint density at radius 1 is 0.528 bits per heavy atom. The molecule has 0 aliphatic rings. The molecule has 0 saturated carbocycles. The van der Waals surface area contributed by atoms with E-state index in [1.54, 1.807) is 30.9 Å². The van der Waals surface area contributed by atoms with Gasteiger partial charge in [0.2, 0.25) is 0 Å². The second kappa shape index (κ2) is 10.2. The van der Waals surface area contributed by atoms with E-state index in [2.05, 4.69) is 19.9 Å². The molecule has 0 radical (unpaired) electrons. The SMILES string of the molecule is FC(F)(F)SOc1cc(-c2ncc(-c3ccccc3)cn2)cc(-c2ncc(-c3ccccc3)cn2)c1. The van der Waals surface area contributed by atoms with E-state index < -0.39 is 17.6 Å². The van der Waals surface area contributed by atoms with Crippen LogP contribution in [0.2, 0.25) is 0 Å². The molecule has 3 aromatic carbocycles. The zero-order valence-corrected chi connectivity index (χ0v) is 19.4. The highest BCUT2D eigenvalue weighted by molar-refractivity contribution is 7.95. The maximum absolute atomic E-state index is 12.8. The van der Waals surface area contributed by atoms with Crippen LogP contribution in [0.15, 0.2) is 104 Å². The van der Waals surface area contributed by atoms with Gasteiger partial charge < -0.3 is 4.18 Å². The highest BCUT2D eigenvalue weighted by atomic mass is 32.2. The summed E-state index contributed by atoms with van der Waals surface area (Å²) in [6.45, 7) is 0. The molecule has 0 amide bonds. The third kappa shape index (κ3) is 5.69. The third-order valence-corrected chi connectivity index (χ3v) is 5.64. The Balaban J connectivity index is 1.50. The summed E-state index contributed by atoms with van der Waals surface area (Å²) in [5.74, 6) is 0.648. The van der Waals surface area contributed by atoms with Crippen molar-refractivity contribution < 1.29 is 17.4 Å². The molecule has 178 valence electrons. The Bertz CT molecular complexity index is 1350. The van der Waals surface area contributed by atoms with Crippen LogP contribution in [0.4, 0.5) is 13.2 Å². The predicted octanol–water partition coefficient (Wildman–Crippen LogP) is 7.48. The van der Waals surface area contributed by atoms with Gasteiger partial charge in [0.05, 0.1) is 0 Å². The Kier molecular flexibility index (Phi) is 6.64. The summed E-state index contributed by atoms with van der Waals surface area (Å²) >= 11 is -0.588. The van der Waals surface area contributed by atoms with Crippen LogP contribution in [0.25, 0.3) is 45.0 Å². The highest BCUT2D eigenvalue weighted by Crippen LogP contribution is 2.36. The first-order valence-electron chi connectivity index (χ1n) is 10.8. The van der Waals surface area contributed by atoms with Gasteiger partial charge in [-0.2, -0.15) is 13.2 Å². The maximum Gasteiger partial charge on any atom is 0.479 e. The van der Waals surface area contributed by atoms with Crippen LogP contribution >= 0.6 is 12.0 Å². The molecule has 0 atom stereocenters. The van der Waals surface area contributed by atoms with Crippen molar-refractivity contribution in [3.8, 4) is 50.8 Å². The van der Waals surface area contributed by atoms with Crippen LogP contribution < -0.4 is 4.18 Å².